The van der Waals surface area contributed by atoms with Gasteiger partial charge in [-0.15, -0.1) is 0 Å². The van der Waals surface area contributed by atoms with E-state index in [0.29, 0.717) is 23.9 Å². The third-order valence-electron chi connectivity index (χ3n) is 2.95. The molecule has 1 N–H and O–H groups in total. The number of rotatable bonds is 5. The molecule has 1 aromatic carbocycles. The second-order valence-corrected chi connectivity index (χ2v) is 4.65. The Bertz CT molecular complexity index is 341. The lowest BCUT2D eigenvalue weighted by Gasteiger charge is -2.21. The zero-order valence-corrected chi connectivity index (χ0v) is 10.8. The zero-order valence-electron chi connectivity index (χ0n) is 10.1. The molecule has 3 heteroatoms. The van der Waals surface area contributed by atoms with Gasteiger partial charge >= 0.3 is 0 Å². The molecule has 0 saturated carbocycles. The van der Waals surface area contributed by atoms with Gasteiger partial charge in [-0.2, -0.15) is 0 Å². The number of benzene rings is 1. The Labute approximate surface area is 102 Å². The highest BCUT2D eigenvalue weighted by Crippen LogP contribution is 2.21. The summed E-state index contributed by atoms with van der Waals surface area (Å²) in [6.45, 7) is 7.25. The third-order valence-corrected chi connectivity index (χ3v) is 3.25. The Kier molecular flexibility index (Phi) is 5.23. The van der Waals surface area contributed by atoms with Crippen LogP contribution in [0, 0.1) is 11.7 Å². The Morgan fingerprint density at radius 1 is 1.38 bits per heavy atom. The molecule has 0 saturated heterocycles. The van der Waals surface area contributed by atoms with Crippen LogP contribution in [-0.2, 0) is 6.42 Å². The molecule has 0 fully saturated rings. The summed E-state index contributed by atoms with van der Waals surface area (Å²) in [5.74, 6) is 0.104. The highest BCUT2D eigenvalue weighted by atomic mass is 35.5. The van der Waals surface area contributed by atoms with Crippen LogP contribution in [0.2, 0.25) is 5.02 Å². The molecular weight excluding hydrogens is 225 g/mol. The minimum absolute atomic E-state index is 0.209. The quantitative estimate of drug-likeness (QED) is 0.832. The van der Waals surface area contributed by atoms with Crippen LogP contribution in [0.25, 0.3) is 0 Å². The molecule has 1 aromatic rings. The maximum atomic E-state index is 13.7. The van der Waals surface area contributed by atoms with Crippen molar-refractivity contribution in [2.24, 2.45) is 5.92 Å². The van der Waals surface area contributed by atoms with E-state index in [1.54, 1.807) is 18.2 Å². The normalized spacial score (nSPS) is 14.8. The molecular formula is C13H19ClFN. The Morgan fingerprint density at radius 2 is 2.06 bits per heavy atom. The van der Waals surface area contributed by atoms with Crippen molar-refractivity contribution in [3.63, 3.8) is 0 Å². The van der Waals surface area contributed by atoms with Gasteiger partial charge in [0.1, 0.15) is 5.82 Å². The van der Waals surface area contributed by atoms with Crippen LogP contribution in [0.15, 0.2) is 18.2 Å². The van der Waals surface area contributed by atoms with Gasteiger partial charge in [-0.1, -0.05) is 37.6 Å². The largest absolute Gasteiger partial charge is 0.314 e. The zero-order chi connectivity index (χ0) is 12.1. The smallest absolute Gasteiger partial charge is 0.144 e. The maximum Gasteiger partial charge on any atom is 0.144 e. The van der Waals surface area contributed by atoms with Crippen molar-refractivity contribution in [3.8, 4) is 0 Å². The maximum absolute atomic E-state index is 13.7. The molecule has 0 radical (unpaired) electrons. The Hall–Kier alpha value is -0.600. The topological polar surface area (TPSA) is 12.0 Å². The van der Waals surface area contributed by atoms with Crippen molar-refractivity contribution in [1.82, 2.24) is 5.32 Å². The number of nitrogens with one attached hydrogen (secondary N) is 1. The molecule has 0 aliphatic rings. The fourth-order valence-corrected chi connectivity index (χ4v) is 1.95. The summed E-state index contributed by atoms with van der Waals surface area (Å²) in [7, 11) is 0. The predicted molar refractivity (Wildman–Crippen MR) is 67.4 cm³/mol. The van der Waals surface area contributed by atoms with E-state index in [-0.39, 0.29) is 10.8 Å². The fourth-order valence-electron chi connectivity index (χ4n) is 1.75. The molecule has 1 nitrogen and oxygen atoms in total. The van der Waals surface area contributed by atoms with Crippen LogP contribution in [0.4, 0.5) is 4.39 Å². The first kappa shape index (κ1) is 13.5. The van der Waals surface area contributed by atoms with Crippen LogP contribution < -0.4 is 5.32 Å². The average molecular weight is 244 g/mol. The molecule has 0 amide bonds. The van der Waals surface area contributed by atoms with Crippen LogP contribution in [-0.4, -0.2) is 12.6 Å². The Balaban J connectivity index is 2.69. The lowest BCUT2D eigenvalue weighted by Crippen LogP contribution is -2.33. The first-order chi connectivity index (χ1) is 7.56. The molecule has 0 aromatic heterocycles. The summed E-state index contributed by atoms with van der Waals surface area (Å²) in [5, 5.41) is 3.55. The van der Waals surface area contributed by atoms with E-state index < -0.39 is 0 Å². The lowest BCUT2D eigenvalue weighted by molar-refractivity contribution is 0.401. The SMILES string of the molecule is CCNC(C)C(C)Cc1cccc(Cl)c1F. The van der Waals surface area contributed by atoms with E-state index in [1.165, 1.54) is 0 Å². The molecule has 0 aliphatic heterocycles. The molecule has 0 heterocycles. The molecule has 2 atom stereocenters. The van der Waals surface area contributed by atoms with Crippen molar-refractivity contribution in [1.29, 1.82) is 0 Å². The predicted octanol–water partition coefficient (Wildman–Crippen LogP) is 3.66. The van der Waals surface area contributed by atoms with E-state index in [9.17, 15) is 4.39 Å². The van der Waals surface area contributed by atoms with E-state index in [1.807, 2.05) is 0 Å². The summed E-state index contributed by atoms with van der Waals surface area (Å²) in [5.41, 5.74) is 0.699. The first-order valence-electron chi connectivity index (χ1n) is 5.72. The fraction of sp³-hybridized carbons (Fsp3) is 0.538. The summed E-state index contributed by atoms with van der Waals surface area (Å²) in [6.07, 6.45) is 0.709. The van der Waals surface area contributed by atoms with Gasteiger partial charge in [0.15, 0.2) is 0 Å². The van der Waals surface area contributed by atoms with Gasteiger partial charge in [0, 0.05) is 6.04 Å². The summed E-state index contributed by atoms with van der Waals surface area (Å²) in [4.78, 5) is 0. The highest BCUT2D eigenvalue weighted by molar-refractivity contribution is 6.30. The number of hydrogen-bond donors (Lipinski definition) is 1. The average Bonchev–Trinajstić information content (AvgIpc) is 2.25. The molecule has 0 bridgehead atoms. The minimum atomic E-state index is -0.278. The second-order valence-electron chi connectivity index (χ2n) is 4.24. The highest BCUT2D eigenvalue weighted by Gasteiger charge is 2.14. The summed E-state index contributed by atoms with van der Waals surface area (Å²) in [6, 6.07) is 5.56. The van der Waals surface area contributed by atoms with Crippen molar-refractivity contribution < 1.29 is 4.39 Å². The van der Waals surface area contributed by atoms with Gasteiger partial charge in [-0.25, -0.2) is 4.39 Å². The standard InChI is InChI=1S/C13H19ClFN/c1-4-16-10(3)9(2)8-11-6-5-7-12(14)13(11)15/h5-7,9-10,16H,4,8H2,1-3H3. The van der Waals surface area contributed by atoms with Gasteiger partial charge in [-0.05, 0) is 37.4 Å². The summed E-state index contributed by atoms with van der Waals surface area (Å²) >= 11 is 5.75. The molecule has 90 valence electrons. The van der Waals surface area contributed by atoms with Crippen LogP contribution in [0.5, 0.6) is 0 Å². The van der Waals surface area contributed by atoms with Gasteiger partial charge < -0.3 is 5.32 Å². The van der Waals surface area contributed by atoms with Crippen molar-refractivity contribution in [2.75, 3.05) is 6.54 Å². The van der Waals surface area contributed by atoms with Gasteiger partial charge in [-0.3, -0.25) is 0 Å². The Morgan fingerprint density at radius 3 is 2.69 bits per heavy atom. The molecule has 2 unspecified atom stereocenters. The van der Waals surface area contributed by atoms with Gasteiger partial charge in [0.2, 0.25) is 0 Å². The molecule has 0 aliphatic carbocycles. The van der Waals surface area contributed by atoms with Crippen molar-refractivity contribution in [2.45, 2.75) is 33.2 Å². The third kappa shape index (κ3) is 3.46. The summed E-state index contributed by atoms with van der Waals surface area (Å²) < 4.78 is 13.7. The first-order valence-corrected chi connectivity index (χ1v) is 6.10. The monoisotopic (exact) mass is 243 g/mol. The molecule has 16 heavy (non-hydrogen) atoms. The van der Waals surface area contributed by atoms with Crippen LogP contribution in [0.1, 0.15) is 26.3 Å². The molecule has 1 rings (SSSR count). The van der Waals surface area contributed by atoms with E-state index in [2.05, 4.69) is 26.1 Å². The van der Waals surface area contributed by atoms with E-state index >= 15 is 0 Å². The van der Waals surface area contributed by atoms with Crippen molar-refractivity contribution >= 4 is 11.6 Å². The number of halogens is 2. The van der Waals surface area contributed by atoms with Gasteiger partial charge in [0.25, 0.3) is 0 Å². The molecule has 0 spiro atoms. The van der Waals surface area contributed by atoms with Crippen molar-refractivity contribution in [3.05, 3.63) is 34.6 Å². The van der Waals surface area contributed by atoms with Gasteiger partial charge in [0.05, 0.1) is 5.02 Å². The second kappa shape index (κ2) is 6.21. The van der Waals surface area contributed by atoms with Crippen LogP contribution >= 0.6 is 11.6 Å². The van der Waals surface area contributed by atoms with E-state index in [4.69, 9.17) is 11.6 Å². The minimum Gasteiger partial charge on any atom is -0.314 e. The van der Waals surface area contributed by atoms with E-state index in [0.717, 1.165) is 6.54 Å². The van der Waals surface area contributed by atoms with Crippen LogP contribution in [0.3, 0.4) is 0 Å². The number of hydrogen-bond acceptors (Lipinski definition) is 1. The lowest BCUT2D eigenvalue weighted by atomic mass is 9.94.